The molecule has 0 unspecified atom stereocenters. The van der Waals surface area contributed by atoms with Gasteiger partial charge in [-0.05, 0) is 17.8 Å². The minimum absolute atomic E-state index is 0.0482. The largest absolute Gasteiger partial charge is 0.545 e. The van der Waals surface area contributed by atoms with Crippen LogP contribution in [0.4, 0.5) is 10.5 Å². The highest BCUT2D eigenvalue weighted by molar-refractivity contribution is 8.15. The summed E-state index contributed by atoms with van der Waals surface area (Å²) in [6.45, 7) is 0. The maximum Gasteiger partial charge on any atom is 0.290 e. The van der Waals surface area contributed by atoms with Crippen molar-refractivity contribution in [3.8, 4) is 0 Å². The molecule has 0 saturated carbocycles. The molecule has 1 aliphatic rings. The number of thioether (sulfide) groups is 1. The fourth-order valence-corrected chi connectivity index (χ4v) is 2.41. The first-order chi connectivity index (χ1) is 8.50. The highest BCUT2D eigenvalue weighted by Crippen LogP contribution is 2.27. The van der Waals surface area contributed by atoms with E-state index in [2.05, 4.69) is 5.32 Å². The first-order valence-corrected chi connectivity index (χ1v) is 5.94. The van der Waals surface area contributed by atoms with Gasteiger partial charge in [0.15, 0.2) is 5.37 Å². The van der Waals surface area contributed by atoms with E-state index < -0.39 is 17.3 Å². The Morgan fingerprint density at radius 3 is 2.61 bits per heavy atom. The van der Waals surface area contributed by atoms with E-state index in [9.17, 15) is 19.5 Å². The van der Waals surface area contributed by atoms with Gasteiger partial charge in [0, 0.05) is 18.3 Å². The first-order valence-electron chi connectivity index (χ1n) is 5.06. The second kappa shape index (κ2) is 4.69. The maximum absolute atomic E-state index is 11.7. The van der Waals surface area contributed by atoms with Gasteiger partial charge in [0.2, 0.25) is 0 Å². The lowest BCUT2D eigenvalue weighted by Crippen LogP contribution is -2.32. The molecular formula is C11H9N2O4S-. The summed E-state index contributed by atoms with van der Waals surface area (Å²) in [5.74, 6) is -1.74. The van der Waals surface area contributed by atoms with Crippen LogP contribution in [0.2, 0.25) is 0 Å². The molecule has 18 heavy (non-hydrogen) atoms. The van der Waals surface area contributed by atoms with Crippen LogP contribution in [0.5, 0.6) is 0 Å². The van der Waals surface area contributed by atoms with E-state index in [4.69, 9.17) is 0 Å². The Balaban J connectivity index is 2.23. The summed E-state index contributed by atoms with van der Waals surface area (Å²) in [5, 5.41) is 12.4. The molecule has 0 aliphatic carbocycles. The molecule has 0 radical (unpaired) electrons. The molecule has 0 bridgehead atoms. The van der Waals surface area contributed by atoms with Gasteiger partial charge in [-0.15, -0.1) is 0 Å². The third-order valence-corrected chi connectivity index (χ3v) is 3.51. The number of benzene rings is 1. The maximum atomic E-state index is 11.7. The number of rotatable bonds is 3. The van der Waals surface area contributed by atoms with E-state index in [-0.39, 0.29) is 16.5 Å². The highest BCUT2D eigenvalue weighted by atomic mass is 32.2. The molecule has 7 heteroatoms. The van der Waals surface area contributed by atoms with Crippen LogP contribution in [0.1, 0.15) is 10.4 Å². The molecule has 2 rings (SSSR count). The Morgan fingerprint density at radius 1 is 1.39 bits per heavy atom. The Labute approximate surface area is 107 Å². The van der Waals surface area contributed by atoms with Gasteiger partial charge < -0.3 is 15.2 Å². The number of hydrogen-bond donors (Lipinski definition) is 1. The topological polar surface area (TPSA) is 89.5 Å². The molecule has 6 nitrogen and oxygen atoms in total. The number of carbonyl (C=O) groups excluding carboxylic acids is 3. The predicted molar refractivity (Wildman–Crippen MR) is 63.9 cm³/mol. The summed E-state index contributed by atoms with van der Waals surface area (Å²) in [6.07, 6.45) is 0. The summed E-state index contributed by atoms with van der Waals surface area (Å²) >= 11 is 0.810. The number of amides is 2. The number of anilines is 1. The van der Waals surface area contributed by atoms with Crippen molar-refractivity contribution in [2.45, 2.75) is 5.37 Å². The molecule has 1 heterocycles. The molecule has 0 spiro atoms. The van der Waals surface area contributed by atoms with Gasteiger partial charge >= 0.3 is 0 Å². The standard InChI is InChI=1S/C11H10N2O4S/c1-13-9(14)8(18-11(13)17)12-7-5-3-2-4-6(7)10(15)16/h2-5,8,12H,1H3,(H,15,16)/p-1/t8-/m0/s1. The highest BCUT2D eigenvalue weighted by Gasteiger charge is 2.37. The Hall–Kier alpha value is -2.02. The lowest BCUT2D eigenvalue weighted by Gasteiger charge is -2.15. The van der Waals surface area contributed by atoms with Crippen LogP contribution >= 0.6 is 11.8 Å². The number of carboxylic acids is 1. The molecule has 94 valence electrons. The van der Waals surface area contributed by atoms with E-state index in [1.54, 1.807) is 12.1 Å². The summed E-state index contributed by atoms with van der Waals surface area (Å²) in [5.41, 5.74) is 0.208. The normalized spacial score (nSPS) is 19.2. The molecule has 1 atom stereocenters. The molecule has 1 aromatic carbocycles. The predicted octanol–water partition coefficient (Wildman–Crippen LogP) is 0.113. The molecular weight excluding hydrogens is 256 g/mol. The molecule has 2 amide bonds. The van der Waals surface area contributed by atoms with Gasteiger partial charge in [-0.25, -0.2) is 0 Å². The van der Waals surface area contributed by atoms with Crippen molar-refractivity contribution in [2.24, 2.45) is 0 Å². The van der Waals surface area contributed by atoms with Gasteiger partial charge in [-0.1, -0.05) is 18.2 Å². The molecule has 1 aliphatic heterocycles. The van der Waals surface area contributed by atoms with Gasteiger partial charge in [0.25, 0.3) is 11.1 Å². The number of hydrogen-bond acceptors (Lipinski definition) is 6. The molecule has 1 fully saturated rings. The molecule has 0 aromatic heterocycles. The van der Waals surface area contributed by atoms with Crippen LogP contribution in [-0.2, 0) is 4.79 Å². The zero-order valence-electron chi connectivity index (χ0n) is 9.38. The Kier molecular flexibility index (Phi) is 3.24. The Bertz CT molecular complexity index is 532. The number of carboxylic acid groups (broad SMARTS) is 1. The van der Waals surface area contributed by atoms with Gasteiger partial charge in [0.1, 0.15) is 0 Å². The third kappa shape index (κ3) is 2.17. The number of likely N-dealkylation sites (N-methyl/N-ethyl adjacent to an activating group) is 1. The van der Waals surface area contributed by atoms with Crippen LogP contribution in [0.25, 0.3) is 0 Å². The van der Waals surface area contributed by atoms with Crippen LogP contribution in [0, 0.1) is 0 Å². The van der Waals surface area contributed by atoms with Crippen molar-refractivity contribution >= 4 is 34.6 Å². The van der Waals surface area contributed by atoms with E-state index in [0.29, 0.717) is 0 Å². The van der Waals surface area contributed by atoms with E-state index in [1.165, 1.54) is 19.2 Å². The van der Waals surface area contributed by atoms with Crippen LogP contribution < -0.4 is 10.4 Å². The van der Waals surface area contributed by atoms with Crippen molar-refractivity contribution in [3.63, 3.8) is 0 Å². The SMILES string of the molecule is CN1C(=O)S[C@H](Nc2ccccc2C(=O)[O-])C1=O. The van der Waals surface area contributed by atoms with Crippen molar-refractivity contribution in [2.75, 3.05) is 12.4 Å². The second-order valence-electron chi connectivity index (χ2n) is 3.64. The van der Waals surface area contributed by atoms with Crippen LogP contribution in [-0.4, -0.2) is 34.4 Å². The zero-order chi connectivity index (χ0) is 13.3. The molecule has 1 N–H and O–H groups in total. The fourth-order valence-electron chi connectivity index (χ4n) is 1.52. The van der Waals surface area contributed by atoms with Crippen molar-refractivity contribution in [1.82, 2.24) is 4.90 Å². The number of nitrogens with one attached hydrogen (secondary N) is 1. The third-order valence-electron chi connectivity index (χ3n) is 2.48. The molecule has 1 saturated heterocycles. The van der Waals surface area contributed by atoms with E-state index >= 15 is 0 Å². The van der Waals surface area contributed by atoms with Crippen molar-refractivity contribution in [1.29, 1.82) is 0 Å². The summed E-state index contributed by atoms with van der Waals surface area (Å²) in [6, 6.07) is 6.07. The lowest BCUT2D eigenvalue weighted by atomic mass is 10.2. The summed E-state index contributed by atoms with van der Waals surface area (Å²) in [4.78, 5) is 34.8. The van der Waals surface area contributed by atoms with Crippen molar-refractivity contribution in [3.05, 3.63) is 29.8 Å². The quantitative estimate of drug-likeness (QED) is 0.834. The summed E-state index contributed by atoms with van der Waals surface area (Å²) < 4.78 is 0. The number of carbonyl (C=O) groups is 3. The van der Waals surface area contributed by atoms with Crippen molar-refractivity contribution < 1.29 is 19.5 Å². The Morgan fingerprint density at radius 2 is 2.06 bits per heavy atom. The smallest absolute Gasteiger partial charge is 0.290 e. The number of imide groups is 1. The van der Waals surface area contributed by atoms with Gasteiger partial charge in [-0.3, -0.25) is 14.5 Å². The number of nitrogens with zero attached hydrogens (tertiary/aromatic N) is 1. The van der Waals surface area contributed by atoms with Crippen LogP contribution in [0.3, 0.4) is 0 Å². The van der Waals surface area contributed by atoms with E-state index in [1.807, 2.05) is 0 Å². The number of para-hydroxylation sites is 1. The van der Waals surface area contributed by atoms with Gasteiger partial charge in [0.05, 0.1) is 5.97 Å². The van der Waals surface area contributed by atoms with E-state index in [0.717, 1.165) is 16.7 Å². The summed E-state index contributed by atoms with van der Waals surface area (Å²) in [7, 11) is 1.38. The fraction of sp³-hybridized carbons (Fsp3) is 0.182. The van der Waals surface area contributed by atoms with Crippen LogP contribution in [0.15, 0.2) is 24.3 Å². The average molecular weight is 265 g/mol. The van der Waals surface area contributed by atoms with Gasteiger partial charge in [-0.2, -0.15) is 0 Å². The first kappa shape index (κ1) is 12.4. The zero-order valence-corrected chi connectivity index (χ0v) is 10.2. The lowest BCUT2D eigenvalue weighted by molar-refractivity contribution is -0.254. The minimum Gasteiger partial charge on any atom is -0.545 e. The monoisotopic (exact) mass is 265 g/mol. The minimum atomic E-state index is -1.34. The molecule has 1 aromatic rings. The second-order valence-corrected chi connectivity index (χ2v) is 4.69. The number of aromatic carboxylic acids is 1. The average Bonchev–Trinajstić information content (AvgIpc) is 2.57.